The molecule has 2 heterocycles. The largest absolute Gasteiger partial charge is 0.493 e. The lowest BCUT2D eigenvalue weighted by molar-refractivity contribution is -0.137. The Bertz CT molecular complexity index is 1030. The molecule has 1 aromatic carbocycles. The number of halogens is 3. The van der Waals surface area contributed by atoms with Crippen LogP contribution in [0.5, 0.6) is 5.75 Å². The minimum absolute atomic E-state index is 0.0823. The summed E-state index contributed by atoms with van der Waals surface area (Å²) in [5, 5.41) is 9.24. The van der Waals surface area contributed by atoms with Crippen molar-refractivity contribution >= 4 is 17.0 Å². The van der Waals surface area contributed by atoms with Gasteiger partial charge in [-0.1, -0.05) is 0 Å². The summed E-state index contributed by atoms with van der Waals surface area (Å²) in [6.45, 7) is 0.414. The average molecular weight is 377 g/mol. The molecule has 2 aromatic heterocycles. The molecule has 1 fully saturated rings. The van der Waals surface area contributed by atoms with Gasteiger partial charge in [-0.15, -0.1) is 0 Å². The quantitative estimate of drug-likeness (QED) is 0.698. The minimum atomic E-state index is -4.53. The fraction of sp³-hybridized carbons (Fsp3) is 0.278. The first kappa shape index (κ1) is 17.3. The second-order valence-corrected chi connectivity index (χ2v) is 6.42. The molecule has 0 atom stereocenters. The van der Waals surface area contributed by atoms with Crippen molar-refractivity contribution in [3.8, 4) is 17.0 Å². The number of hydrogen-bond donors (Lipinski definition) is 2. The molecule has 0 spiro atoms. The molecular formula is C18H14F3N3O3. The fourth-order valence-corrected chi connectivity index (χ4v) is 2.82. The van der Waals surface area contributed by atoms with Crippen LogP contribution in [0.2, 0.25) is 0 Å². The number of carboxylic acids is 1. The van der Waals surface area contributed by atoms with Crippen LogP contribution < -0.4 is 4.74 Å². The first-order valence-corrected chi connectivity index (χ1v) is 8.24. The van der Waals surface area contributed by atoms with Gasteiger partial charge >= 0.3 is 12.1 Å². The van der Waals surface area contributed by atoms with E-state index in [0.29, 0.717) is 12.5 Å². The second kappa shape index (κ2) is 6.26. The summed E-state index contributed by atoms with van der Waals surface area (Å²) >= 11 is 0. The third-order valence-electron chi connectivity index (χ3n) is 4.43. The van der Waals surface area contributed by atoms with E-state index < -0.39 is 17.7 Å². The number of hydrogen-bond acceptors (Lipinski definition) is 4. The molecule has 1 aliphatic carbocycles. The molecule has 27 heavy (non-hydrogen) atoms. The Labute approximate surface area is 151 Å². The molecule has 0 bridgehead atoms. The predicted molar refractivity (Wildman–Crippen MR) is 89.5 cm³/mol. The molecule has 2 N–H and O–H groups in total. The molecule has 0 unspecified atom stereocenters. The van der Waals surface area contributed by atoms with Gasteiger partial charge in [-0.3, -0.25) is 0 Å². The Morgan fingerprint density at radius 2 is 2.07 bits per heavy atom. The van der Waals surface area contributed by atoms with Gasteiger partial charge in [0.25, 0.3) is 0 Å². The van der Waals surface area contributed by atoms with Crippen molar-refractivity contribution in [3.63, 3.8) is 0 Å². The first-order chi connectivity index (χ1) is 12.8. The maximum absolute atomic E-state index is 13.2. The standard InChI is InChI=1S/C18H14F3N3O3/c19-18(20,21)10-3-4-13(27-7-9-1-2-9)11(5-10)14-16-15(24-8-23-14)12(6-22-16)17(25)26/h3-6,8-9,22H,1-2,7H2,(H,25,26). The summed E-state index contributed by atoms with van der Waals surface area (Å²) in [7, 11) is 0. The van der Waals surface area contributed by atoms with Gasteiger partial charge in [0, 0.05) is 11.8 Å². The Kier molecular flexibility index (Phi) is 4.01. The molecule has 1 saturated carbocycles. The Morgan fingerprint density at radius 1 is 1.30 bits per heavy atom. The number of benzene rings is 1. The first-order valence-electron chi connectivity index (χ1n) is 8.24. The third-order valence-corrected chi connectivity index (χ3v) is 4.43. The molecule has 1 aliphatic rings. The maximum Gasteiger partial charge on any atom is 0.416 e. The number of H-pyrrole nitrogens is 1. The number of rotatable bonds is 5. The summed E-state index contributed by atoms with van der Waals surface area (Å²) in [5.41, 5.74) is -0.265. The lowest BCUT2D eigenvalue weighted by atomic mass is 10.0. The van der Waals surface area contributed by atoms with Crippen LogP contribution in [0.15, 0.2) is 30.7 Å². The predicted octanol–water partition coefficient (Wildman–Crippen LogP) is 4.13. The SMILES string of the molecule is O=C(O)c1c[nH]c2c(-c3cc(C(F)(F)F)ccc3OCC3CC3)ncnc12. The lowest BCUT2D eigenvalue weighted by Gasteiger charge is -2.14. The van der Waals surface area contributed by atoms with Crippen LogP contribution in [0.25, 0.3) is 22.3 Å². The third kappa shape index (κ3) is 3.32. The van der Waals surface area contributed by atoms with Crippen LogP contribution in [0.3, 0.4) is 0 Å². The van der Waals surface area contributed by atoms with Gasteiger partial charge in [0.05, 0.1) is 17.7 Å². The van der Waals surface area contributed by atoms with E-state index in [-0.39, 0.29) is 33.6 Å². The van der Waals surface area contributed by atoms with Crippen molar-refractivity contribution in [2.75, 3.05) is 6.61 Å². The molecule has 0 saturated heterocycles. The number of nitrogens with zero attached hydrogens (tertiary/aromatic N) is 2. The monoisotopic (exact) mass is 377 g/mol. The summed E-state index contributed by atoms with van der Waals surface area (Å²) in [5.74, 6) is -0.517. The number of aromatic nitrogens is 3. The van der Waals surface area contributed by atoms with Crippen molar-refractivity contribution in [1.82, 2.24) is 15.0 Å². The van der Waals surface area contributed by atoms with Gasteiger partial charge in [-0.05, 0) is 37.0 Å². The van der Waals surface area contributed by atoms with Gasteiger partial charge in [0.1, 0.15) is 28.9 Å². The lowest BCUT2D eigenvalue weighted by Crippen LogP contribution is -2.07. The van der Waals surface area contributed by atoms with Crippen LogP contribution in [0, 0.1) is 5.92 Å². The minimum Gasteiger partial charge on any atom is -0.493 e. The number of fused-ring (bicyclic) bond motifs is 1. The highest BCUT2D eigenvalue weighted by molar-refractivity contribution is 6.04. The van der Waals surface area contributed by atoms with Gasteiger partial charge in [0.2, 0.25) is 0 Å². The van der Waals surface area contributed by atoms with Crippen LogP contribution in [0.4, 0.5) is 13.2 Å². The van der Waals surface area contributed by atoms with E-state index in [4.69, 9.17) is 4.74 Å². The van der Waals surface area contributed by atoms with Crippen LogP contribution in [-0.2, 0) is 6.18 Å². The molecule has 0 amide bonds. The van der Waals surface area contributed by atoms with E-state index >= 15 is 0 Å². The smallest absolute Gasteiger partial charge is 0.416 e. The second-order valence-electron chi connectivity index (χ2n) is 6.42. The zero-order valence-corrected chi connectivity index (χ0v) is 13.9. The van der Waals surface area contributed by atoms with Crippen LogP contribution >= 0.6 is 0 Å². The van der Waals surface area contributed by atoms with E-state index in [1.54, 1.807) is 0 Å². The maximum atomic E-state index is 13.2. The molecule has 4 rings (SSSR count). The van der Waals surface area contributed by atoms with Crippen molar-refractivity contribution in [1.29, 1.82) is 0 Å². The van der Waals surface area contributed by atoms with Gasteiger partial charge in [0.15, 0.2) is 0 Å². The molecule has 9 heteroatoms. The zero-order chi connectivity index (χ0) is 19.2. The summed E-state index contributed by atoms with van der Waals surface area (Å²) in [4.78, 5) is 22.1. The molecular weight excluding hydrogens is 363 g/mol. The van der Waals surface area contributed by atoms with Crippen molar-refractivity contribution < 1.29 is 27.8 Å². The average Bonchev–Trinajstić information content (AvgIpc) is 3.34. The van der Waals surface area contributed by atoms with Crippen LogP contribution in [0.1, 0.15) is 28.8 Å². The van der Waals surface area contributed by atoms with Crippen LogP contribution in [-0.4, -0.2) is 32.6 Å². The van der Waals surface area contributed by atoms with E-state index in [0.717, 1.165) is 31.3 Å². The van der Waals surface area contributed by atoms with Gasteiger partial charge in [-0.25, -0.2) is 14.8 Å². The Hall–Kier alpha value is -3.10. The zero-order valence-electron chi connectivity index (χ0n) is 13.9. The highest BCUT2D eigenvalue weighted by Crippen LogP contribution is 2.39. The van der Waals surface area contributed by atoms with Crippen molar-refractivity contribution in [2.45, 2.75) is 19.0 Å². The molecule has 0 aliphatic heterocycles. The molecule has 3 aromatic rings. The number of ether oxygens (including phenoxy) is 1. The van der Waals surface area contributed by atoms with Gasteiger partial charge in [-0.2, -0.15) is 13.2 Å². The summed E-state index contributed by atoms with van der Waals surface area (Å²) in [6.07, 6.45) is -0.0943. The normalized spacial score (nSPS) is 14.5. The summed E-state index contributed by atoms with van der Waals surface area (Å²) in [6, 6.07) is 3.20. The highest BCUT2D eigenvalue weighted by Gasteiger charge is 2.32. The number of aromatic carboxylic acids is 1. The topological polar surface area (TPSA) is 88.1 Å². The molecule has 0 radical (unpaired) electrons. The Morgan fingerprint density at radius 3 is 2.74 bits per heavy atom. The summed E-state index contributed by atoms with van der Waals surface area (Å²) < 4.78 is 45.3. The van der Waals surface area contributed by atoms with Crippen molar-refractivity contribution in [2.24, 2.45) is 5.92 Å². The van der Waals surface area contributed by atoms with E-state index in [1.807, 2.05) is 0 Å². The highest BCUT2D eigenvalue weighted by atomic mass is 19.4. The number of carbonyl (C=O) groups is 1. The molecule has 140 valence electrons. The van der Waals surface area contributed by atoms with Crippen molar-refractivity contribution in [3.05, 3.63) is 41.9 Å². The Balaban J connectivity index is 1.87. The van der Waals surface area contributed by atoms with E-state index in [2.05, 4.69) is 15.0 Å². The number of carboxylic acid groups (broad SMARTS) is 1. The van der Waals surface area contributed by atoms with Gasteiger partial charge < -0.3 is 14.8 Å². The molecule has 6 nitrogen and oxygen atoms in total. The number of alkyl halides is 3. The fourth-order valence-electron chi connectivity index (χ4n) is 2.82. The number of aromatic amines is 1. The van der Waals surface area contributed by atoms with E-state index in [9.17, 15) is 23.1 Å². The van der Waals surface area contributed by atoms with E-state index in [1.165, 1.54) is 12.3 Å². The number of nitrogens with one attached hydrogen (secondary N) is 1.